The number of hydrogen-bond donors (Lipinski definition) is 3. The summed E-state index contributed by atoms with van der Waals surface area (Å²) in [5, 5.41) is 21.3. The number of carbonyl (C=O) groups is 2. The Morgan fingerprint density at radius 3 is 2.39 bits per heavy atom. The lowest BCUT2D eigenvalue weighted by Crippen LogP contribution is -2.26. The molecule has 0 aliphatic carbocycles. The highest BCUT2D eigenvalue weighted by Crippen LogP contribution is 2.39. The zero-order valence-electron chi connectivity index (χ0n) is 17.5. The van der Waals surface area contributed by atoms with E-state index in [9.17, 15) is 14.7 Å². The predicted molar refractivity (Wildman–Crippen MR) is 130 cm³/mol. The minimum atomic E-state index is -0.761. The molecule has 8 heteroatoms. The van der Waals surface area contributed by atoms with Gasteiger partial charge in [-0.2, -0.15) is 0 Å². The average Bonchev–Trinajstić information content (AvgIpc) is 3.13. The molecule has 33 heavy (non-hydrogen) atoms. The number of aromatic amines is 1. The van der Waals surface area contributed by atoms with E-state index in [4.69, 9.17) is 0 Å². The Morgan fingerprint density at radius 2 is 1.70 bits per heavy atom. The Balaban J connectivity index is 1.68. The number of hydrogen-bond acceptors (Lipinski definition) is 4. The standard InChI is InChI=1S/C25H19BrN4O3/c1-15-12-18-21(19(26)13-15)28-25(33)22(18)29-30-24(32)20(14-16-8-4-2-5-9-16)27-23(31)17-10-6-3-7-11-17/h2-14,28,33H,1H3,(H,27,31)/b20-14-,30-29?. The molecule has 0 radical (unpaired) electrons. The second kappa shape index (κ2) is 9.62. The van der Waals surface area contributed by atoms with Gasteiger partial charge >= 0.3 is 5.91 Å². The Labute approximate surface area is 198 Å². The van der Waals surface area contributed by atoms with Crippen molar-refractivity contribution in [3.63, 3.8) is 0 Å². The van der Waals surface area contributed by atoms with E-state index in [0.29, 0.717) is 22.0 Å². The van der Waals surface area contributed by atoms with Gasteiger partial charge < -0.3 is 15.4 Å². The van der Waals surface area contributed by atoms with Crippen molar-refractivity contribution in [2.75, 3.05) is 0 Å². The Kier molecular flexibility index (Phi) is 6.46. The number of carbonyl (C=O) groups excluding carboxylic acids is 2. The van der Waals surface area contributed by atoms with Gasteiger partial charge in [-0.1, -0.05) is 48.5 Å². The third-order valence-electron chi connectivity index (χ3n) is 4.82. The van der Waals surface area contributed by atoms with Crippen LogP contribution >= 0.6 is 15.9 Å². The van der Waals surface area contributed by atoms with E-state index in [0.717, 1.165) is 10.0 Å². The first kappa shape index (κ1) is 22.2. The molecule has 0 aliphatic rings. The maximum absolute atomic E-state index is 12.9. The van der Waals surface area contributed by atoms with Crippen LogP contribution < -0.4 is 5.32 Å². The molecule has 3 aromatic carbocycles. The van der Waals surface area contributed by atoms with Crippen LogP contribution in [0.2, 0.25) is 0 Å². The molecule has 0 saturated heterocycles. The van der Waals surface area contributed by atoms with Crippen LogP contribution in [0.5, 0.6) is 5.88 Å². The summed E-state index contributed by atoms with van der Waals surface area (Å²) >= 11 is 3.45. The molecule has 0 saturated carbocycles. The summed E-state index contributed by atoms with van der Waals surface area (Å²) in [7, 11) is 0. The number of fused-ring (bicyclic) bond motifs is 1. The highest BCUT2D eigenvalue weighted by Gasteiger charge is 2.17. The van der Waals surface area contributed by atoms with Gasteiger partial charge in [0.05, 0.1) is 5.52 Å². The zero-order chi connectivity index (χ0) is 23.4. The molecule has 4 rings (SSSR count). The van der Waals surface area contributed by atoms with Crippen molar-refractivity contribution in [2.24, 2.45) is 10.2 Å². The van der Waals surface area contributed by atoms with Gasteiger partial charge in [0.25, 0.3) is 5.91 Å². The number of aryl methyl sites for hydroxylation is 1. The summed E-state index contributed by atoms with van der Waals surface area (Å²) in [5.74, 6) is -1.42. The van der Waals surface area contributed by atoms with Crippen LogP contribution in [0.25, 0.3) is 17.0 Å². The number of benzene rings is 3. The molecule has 0 bridgehead atoms. The summed E-state index contributed by atoms with van der Waals surface area (Å²) in [6.45, 7) is 1.90. The van der Waals surface area contributed by atoms with Gasteiger partial charge in [-0.15, -0.1) is 10.2 Å². The molecule has 0 spiro atoms. The SMILES string of the molecule is Cc1cc(Br)c2[nH]c(O)c(N=NC(=O)/C(=C/c3ccccc3)NC(=O)c3ccccc3)c2c1. The van der Waals surface area contributed by atoms with E-state index in [2.05, 4.69) is 36.5 Å². The van der Waals surface area contributed by atoms with Crippen molar-refractivity contribution < 1.29 is 14.7 Å². The van der Waals surface area contributed by atoms with Crippen LogP contribution in [0.15, 0.2) is 93.2 Å². The lowest BCUT2D eigenvalue weighted by atomic mass is 10.1. The number of nitrogens with one attached hydrogen (secondary N) is 2. The molecule has 3 N–H and O–H groups in total. The largest absolute Gasteiger partial charge is 0.493 e. The van der Waals surface area contributed by atoms with Crippen LogP contribution in [0.4, 0.5) is 5.69 Å². The second-order valence-electron chi connectivity index (χ2n) is 7.29. The molecule has 164 valence electrons. The molecule has 0 unspecified atom stereocenters. The molecule has 0 aliphatic heterocycles. The molecule has 4 aromatic rings. The first-order valence-electron chi connectivity index (χ1n) is 10.0. The maximum atomic E-state index is 12.9. The van der Waals surface area contributed by atoms with E-state index >= 15 is 0 Å². The van der Waals surface area contributed by atoms with Crippen molar-refractivity contribution in [2.45, 2.75) is 6.92 Å². The Morgan fingerprint density at radius 1 is 1.03 bits per heavy atom. The van der Waals surface area contributed by atoms with Crippen LogP contribution in [0.3, 0.4) is 0 Å². The van der Waals surface area contributed by atoms with Gasteiger partial charge in [-0.25, -0.2) is 0 Å². The third-order valence-corrected chi connectivity index (χ3v) is 5.45. The van der Waals surface area contributed by atoms with Crippen molar-refractivity contribution >= 4 is 50.4 Å². The van der Waals surface area contributed by atoms with Gasteiger partial charge in [0.15, 0.2) is 5.69 Å². The number of aromatic nitrogens is 1. The Bertz CT molecular complexity index is 1390. The van der Waals surface area contributed by atoms with Crippen molar-refractivity contribution in [3.8, 4) is 5.88 Å². The fourth-order valence-electron chi connectivity index (χ4n) is 3.26. The molecular weight excluding hydrogens is 484 g/mol. The quantitative estimate of drug-likeness (QED) is 0.229. The molecule has 1 heterocycles. The minimum absolute atomic E-state index is 0.0458. The summed E-state index contributed by atoms with van der Waals surface area (Å²) < 4.78 is 0.750. The summed E-state index contributed by atoms with van der Waals surface area (Å²) in [4.78, 5) is 28.4. The average molecular weight is 503 g/mol. The number of nitrogens with zero attached hydrogens (tertiary/aromatic N) is 2. The molecule has 2 amide bonds. The molecule has 7 nitrogen and oxygen atoms in total. The monoisotopic (exact) mass is 502 g/mol. The topological polar surface area (TPSA) is 107 Å². The van der Waals surface area contributed by atoms with Crippen molar-refractivity contribution in [1.82, 2.24) is 10.3 Å². The fraction of sp³-hybridized carbons (Fsp3) is 0.0400. The molecule has 1 aromatic heterocycles. The summed E-state index contributed by atoms with van der Waals surface area (Å²) in [6.07, 6.45) is 1.53. The second-order valence-corrected chi connectivity index (χ2v) is 8.14. The maximum Gasteiger partial charge on any atom is 0.311 e. The first-order chi connectivity index (χ1) is 15.9. The highest BCUT2D eigenvalue weighted by atomic mass is 79.9. The van der Waals surface area contributed by atoms with Crippen LogP contribution in [0, 0.1) is 6.92 Å². The number of aromatic hydroxyl groups is 1. The predicted octanol–water partition coefficient (Wildman–Crippen LogP) is 6.03. The minimum Gasteiger partial charge on any atom is -0.493 e. The Hall–Kier alpha value is -4.04. The van der Waals surface area contributed by atoms with E-state index in [1.807, 2.05) is 37.3 Å². The number of rotatable bonds is 5. The van der Waals surface area contributed by atoms with Gasteiger partial charge in [-0.3, -0.25) is 9.59 Å². The van der Waals surface area contributed by atoms with Gasteiger partial charge in [-0.05, 0) is 64.3 Å². The van der Waals surface area contributed by atoms with Crippen molar-refractivity contribution in [1.29, 1.82) is 0 Å². The fourth-order valence-corrected chi connectivity index (χ4v) is 3.94. The van der Waals surface area contributed by atoms with Crippen molar-refractivity contribution in [3.05, 3.63) is 99.7 Å². The number of halogens is 1. The van der Waals surface area contributed by atoms with Gasteiger partial charge in [0.2, 0.25) is 5.88 Å². The van der Waals surface area contributed by atoms with E-state index in [1.165, 1.54) is 6.08 Å². The lowest BCUT2D eigenvalue weighted by Gasteiger charge is -2.07. The first-order valence-corrected chi connectivity index (χ1v) is 10.8. The molecule has 0 atom stereocenters. The number of H-pyrrole nitrogens is 1. The summed E-state index contributed by atoms with van der Waals surface area (Å²) in [5.41, 5.74) is 2.77. The van der Waals surface area contributed by atoms with Gasteiger partial charge in [0.1, 0.15) is 5.70 Å². The van der Waals surface area contributed by atoms with Gasteiger partial charge in [0, 0.05) is 15.4 Å². The third kappa shape index (κ3) is 5.07. The van der Waals surface area contributed by atoms with E-state index < -0.39 is 11.8 Å². The molecular formula is C25H19BrN4O3. The van der Waals surface area contributed by atoms with Crippen LogP contribution in [-0.2, 0) is 4.79 Å². The lowest BCUT2D eigenvalue weighted by molar-refractivity contribution is -0.115. The number of amides is 2. The number of azo groups is 1. The zero-order valence-corrected chi connectivity index (χ0v) is 19.1. The van der Waals surface area contributed by atoms with Crippen LogP contribution in [0.1, 0.15) is 21.5 Å². The molecule has 0 fully saturated rings. The van der Waals surface area contributed by atoms with Crippen LogP contribution in [-0.4, -0.2) is 21.9 Å². The smallest absolute Gasteiger partial charge is 0.311 e. The highest BCUT2D eigenvalue weighted by molar-refractivity contribution is 9.10. The van der Waals surface area contributed by atoms with E-state index in [-0.39, 0.29) is 17.3 Å². The van der Waals surface area contributed by atoms with E-state index in [1.54, 1.807) is 42.5 Å². The summed E-state index contributed by atoms with van der Waals surface area (Å²) in [6, 6.07) is 21.3. The normalized spacial score (nSPS) is 11.8.